The van der Waals surface area contributed by atoms with Crippen molar-refractivity contribution in [1.29, 1.82) is 0 Å². The van der Waals surface area contributed by atoms with Gasteiger partial charge in [-0.15, -0.1) is 0 Å². The van der Waals surface area contributed by atoms with Crippen molar-refractivity contribution in [2.24, 2.45) is 0 Å². The molecule has 1 atom stereocenters. The first-order chi connectivity index (χ1) is 12.0. The SMILES string of the molecule is CC1=C(C(=O)NCCc2nc(-c3cccnc3)n[nH]2)C(C)NC(=O)N1. The van der Waals surface area contributed by atoms with Gasteiger partial charge < -0.3 is 16.0 Å². The fourth-order valence-electron chi connectivity index (χ4n) is 2.66. The lowest BCUT2D eigenvalue weighted by Gasteiger charge is -2.25. The second kappa shape index (κ2) is 7.12. The zero-order valence-electron chi connectivity index (χ0n) is 14.0. The number of allylic oxidation sites excluding steroid dienone is 1. The maximum absolute atomic E-state index is 12.3. The van der Waals surface area contributed by atoms with Crippen molar-refractivity contribution in [2.75, 3.05) is 6.54 Å². The number of H-pyrrole nitrogens is 1. The van der Waals surface area contributed by atoms with Gasteiger partial charge in [0, 0.05) is 36.6 Å². The summed E-state index contributed by atoms with van der Waals surface area (Å²) in [6.07, 6.45) is 3.89. The van der Waals surface area contributed by atoms with Crippen LogP contribution in [0.3, 0.4) is 0 Å². The molecule has 25 heavy (non-hydrogen) atoms. The Morgan fingerprint density at radius 3 is 2.96 bits per heavy atom. The van der Waals surface area contributed by atoms with Gasteiger partial charge in [-0.1, -0.05) is 0 Å². The van der Waals surface area contributed by atoms with Crippen molar-refractivity contribution in [3.8, 4) is 11.4 Å². The molecule has 3 heterocycles. The van der Waals surface area contributed by atoms with E-state index in [0.29, 0.717) is 35.9 Å². The highest BCUT2D eigenvalue weighted by molar-refractivity contribution is 5.98. The number of aromatic nitrogens is 4. The van der Waals surface area contributed by atoms with Gasteiger partial charge in [0.1, 0.15) is 5.82 Å². The van der Waals surface area contributed by atoms with Crippen molar-refractivity contribution < 1.29 is 9.59 Å². The van der Waals surface area contributed by atoms with Crippen molar-refractivity contribution in [3.05, 3.63) is 41.6 Å². The number of nitrogens with zero attached hydrogens (tertiary/aromatic N) is 3. The number of hydrogen-bond donors (Lipinski definition) is 4. The molecule has 9 nitrogen and oxygen atoms in total. The van der Waals surface area contributed by atoms with E-state index in [0.717, 1.165) is 5.56 Å². The Kier molecular flexibility index (Phi) is 4.73. The molecule has 0 saturated heterocycles. The molecule has 0 spiro atoms. The maximum Gasteiger partial charge on any atom is 0.319 e. The Morgan fingerprint density at radius 2 is 2.24 bits per heavy atom. The van der Waals surface area contributed by atoms with Crippen LogP contribution in [-0.2, 0) is 11.2 Å². The lowest BCUT2D eigenvalue weighted by Crippen LogP contribution is -2.50. The number of hydrogen-bond acceptors (Lipinski definition) is 5. The Labute approximate surface area is 144 Å². The predicted octanol–water partition coefficient (Wildman–Crippen LogP) is 0.501. The van der Waals surface area contributed by atoms with Gasteiger partial charge >= 0.3 is 6.03 Å². The van der Waals surface area contributed by atoms with E-state index < -0.39 is 0 Å². The first-order valence-electron chi connectivity index (χ1n) is 7.92. The monoisotopic (exact) mass is 341 g/mol. The topological polar surface area (TPSA) is 125 Å². The number of pyridine rings is 1. The highest BCUT2D eigenvalue weighted by Gasteiger charge is 2.26. The van der Waals surface area contributed by atoms with Crippen LogP contribution in [0.5, 0.6) is 0 Å². The molecule has 0 radical (unpaired) electrons. The van der Waals surface area contributed by atoms with Crippen molar-refractivity contribution in [3.63, 3.8) is 0 Å². The average Bonchev–Trinajstić information content (AvgIpc) is 3.03. The Morgan fingerprint density at radius 1 is 1.40 bits per heavy atom. The third kappa shape index (κ3) is 3.82. The van der Waals surface area contributed by atoms with E-state index in [1.165, 1.54) is 0 Å². The fourth-order valence-corrected chi connectivity index (χ4v) is 2.66. The summed E-state index contributed by atoms with van der Waals surface area (Å²) in [6, 6.07) is 3.06. The smallest absolute Gasteiger partial charge is 0.319 e. The molecule has 0 saturated carbocycles. The van der Waals surface area contributed by atoms with Crippen LogP contribution in [0.2, 0.25) is 0 Å². The number of carbonyl (C=O) groups is 2. The molecule has 2 aromatic rings. The summed E-state index contributed by atoms with van der Waals surface area (Å²) in [5.41, 5.74) is 1.91. The first kappa shape index (κ1) is 16.6. The second-order valence-electron chi connectivity index (χ2n) is 5.71. The zero-order valence-corrected chi connectivity index (χ0v) is 14.0. The maximum atomic E-state index is 12.3. The van der Waals surface area contributed by atoms with Gasteiger partial charge in [0.2, 0.25) is 0 Å². The van der Waals surface area contributed by atoms with Crippen LogP contribution in [0.25, 0.3) is 11.4 Å². The summed E-state index contributed by atoms with van der Waals surface area (Å²) in [5, 5.41) is 15.1. The molecule has 1 aliphatic heterocycles. The lowest BCUT2D eigenvalue weighted by atomic mass is 10.0. The van der Waals surface area contributed by atoms with Crippen LogP contribution < -0.4 is 16.0 Å². The molecule has 2 aromatic heterocycles. The molecule has 4 N–H and O–H groups in total. The zero-order chi connectivity index (χ0) is 17.8. The van der Waals surface area contributed by atoms with Crippen LogP contribution in [0.1, 0.15) is 19.7 Å². The molecular formula is C16H19N7O2. The molecule has 1 unspecified atom stereocenters. The fraction of sp³-hybridized carbons (Fsp3) is 0.312. The minimum Gasteiger partial charge on any atom is -0.352 e. The second-order valence-corrected chi connectivity index (χ2v) is 5.71. The molecule has 3 amide bonds. The molecule has 0 aromatic carbocycles. The van der Waals surface area contributed by atoms with Crippen molar-refractivity contribution in [1.82, 2.24) is 36.1 Å². The number of amides is 3. The number of rotatable bonds is 5. The van der Waals surface area contributed by atoms with E-state index in [2.05, 4.69) is 36.1 Å². The number of urea groups is 1. The molecule has 1 aliphatic rings. The van der Waals surface area contributed by atoms with Crippen LogP contribution in [0.4, 0.5) is 4.79 Å². The van der Waals surface area contributed by atoms with Gasteiger partial charge in [-0.05, 0) is 26.0 Å². The molecule has 130 valence electrons. The van der Waals surface area contributed by atoms with E-state index in [4.69, 9.17) is 0 Å². The number of carbonyl (C=O) groups excluding carboxylic acids is 2. The molecule has 9 heteroatoms. The molecule has 3 rings (SSSR count). The van der Waals surface area contributed by atoms with E-state index in [1.54, 1.807) is 26.2 Å². The van der Waals surface area contributed by atoms with E-state index in [9.17, 15) is 9.59 Å². The van der Waals surface area contributed by atoms with E-state index in [-0.39, 0.29) is 18.0 Å². The molecule has 0 bridgehead atoms. The van der Waals surface area contributed by atoms with Crippen molar-refractivity contribution in [2.45, 2.75) is 26.3 Å². The standard InChI is InChI=1S/C16H19N7O2/c1-9-13(10(2)20-16(25)19-9)15(24)18-7-5-12-21-14(23-22-12)11-4-3-6-17-8-11/h3-4,6,8-9H,5,7H2,1-2H3,(H,18,24)(H2,19,20,25)(H,21,22,23). The Balaban J connectivity index is 1.57. The van der Waals surface area contributed by atoms with Crippen LogP contribution in [0, 0.1) is 0 Å². The normalized spacial score (nSPS) is 17.0. The summed E-state index contributed by atoms with van der Waals surface area (Å²) in [5.74, 6) is 1.03. The van der Waals surface area contributed by atoms with Gasteiger partial charge in [0.05, 0.1) is 11.6 Å². The predicted molar refractivity (Wildman–Crippen MR) is 90.2 cm³/mol. The quantitative estimate of drug-likeness (QED) is 0.630. The minimum atomic E-state index is -0.337. The van der Waals surface area contributed by atoms with Gasteiger partial charge in [0.15, 0.2) is 5.82 Å². The summed E-state index contributed by atoms with van der Waals surface area (Å²) in [4.78, 5) is 32.1. The third-order valence-electron chi connectivity index (χ3n) is 3.83. The Bertz CT molecular complexity index is 813. The minimum absolute atomic E-state index is 0.218. The van der Waals surface area contributed by atoms with Crippen molar-refractivity contribution >= 4 is 11.9 Å². The Hall–Kier alpha value is -3.23. The summed E-state index contributed by atoms with van der Waals surface area (Å²) < 4.78 is 0. The third-order valence-corrected chi connectivity index (χ3v) is 3.83. The van der Waals surface area contributed by atoms with Crippen LogP contribution in [-0.4, -0.2) is 44.7 Å². The largest absolute Gasteiger partial charge is 0.352 e. The first-order valence-corrected chi connectivity index (χ1v) is 7.92. The van der Waals surface area contributed by atoms with Gasteiger partial charge in [-0.3, -0.25) is 14.9 Å². The summed E-state index contributed by atoms with van der Waals surface area (Å²) in [6.45, 7) is 3.88. The van der Waals surface area contributed by atoms with E-state index >= 15 is 0 Å². The molecular weight excluding hydrogens is 322 g/mol. The highest BCUT2D eigenvalue weighted by Crippen LogP contribution is 2.13. The summed E-state index contributed by atoms with van der Waals surface area (Å²) in [7, 11) is 0. The molecule has 0 aliphatic carbocycles. The number of nitrogens with one attached hydrogen (secondary N) is 4. The average molecular weight is 341 g/mol. The number of aromatic amines is 1. The van der Waals surface area contributed by atoms with Gasteiger partial charge in [0.25, 0.3) is 5.91 Å². The summed E-state index contributed by atoms with van der Waals surface area (Å²) >= 11 is 0. The van der Waals surface area contributed by atoms with Crippen LogP contribution >= 0.6 is 0 Å². The highest BCUT2D eigenvalue weighted by atomic mass is 16.2. The van der Waals surface area contributed by atoms with E-state index in [1.807, 2.05) is 12.1 Å². The van der Waals surface area contributed by atoms with Gasteiger partial charge in [-0.25, -0.2) is 9.78 Å². The van der Waals surface area contributed by atoms with Gasteiger partial charge in [-0.2, -0.15) is 5.10 Å². The lowest BCUT2D eigenvalue weighted by molar-refractivity contribution is -0.117. The molecule has 0 fully saturated rings. The van der Waals surface area contributed by atoms with Crippen LogP contribution in [0.15, 0.2) is 35.8 Å².